The molecule has 2 nitrogen and oxygen atoms in total. The monoisotopic (exact) mass is 218 g/mol. The summed E-state index contributed by atoms with van der Waals surface area (Å²) in [4.78, 5) is 4.94. The van der Waals surface area contributed by atoms with Gasteiger partial charge in [0.05, 0.1) is 18.0 Å². The van der Waals surface area contributed by atoms with E-state index in [-0.39, 0.29) is 0 Å². The summed E-state index contributed by atoms with van der Waals surface area (Å²) >= 11 is 0. The van der Waals surface area contributed by atoms with E-state index in [0.29, 0.717) is 12.1 Å². The molecular formula is C14H22N2. The fourth-order valence-electron chi connectivity index (χ4n) is 2.31. The molecule has 0 unspecified atom stereocenters. The SMILES string of the molecule is Cc1ccc2c(c1)N(C(C)C)CN2C(C)C. The maximum absolute atomic E-state index is 2.47. The Morgan fingerprint density at radius 3 is 2.06 bits per heavy atom. The molecule has 2 rings (SSSR count). The predicted octanol–water partition coefficient (Wildman–Crippen LogP) is 3.40. The molecule has 0 N–H and O–H groups in total. The first-order valence-corrected chi connectivity index (χ1v) is 6.14. The summed E-state index contributed by atoms with van der Waals surface area (Å²) in [6, 6.07) is 7.89. The van der Waals surface area contributed by atoms with Crippen molar-refractivity contribution < 1.29 is 0 Å². The molecular weight excluding hydrogens is 196 g/mol. The molecule has 0 saturated heterocycles. The van der Waals surface area contributed by atoms with E-state index in [9.17, 15) is 0 Å². The molecule has 1 aliphatic heterocycles. The van der Waals surface area contributed by atoms with Crippen molar-refractivity contribution in [2.75, 3.05) is 16.5 Å². The molecule has 1 aromatic rings. The average molecular weight is 218 g/mol. The van der Waals surface area contributed by atoms with Crippen LogP contribution in [-0.2, 0) is 0 Å². The quantitative estimate of drug-likeness (QED) is 0.750. The van der Waals surface area contributed by atoms with Gasteiger partial charge in [-0.15, -0.1) is 0 Å². The third-order valence-corrected chi connectivity index (χ3v) is 3.30. The van der Waals surface area contributed by atoms with E-state index in [1.54, 1.807) is 0 Å². The average Bonchev–Trinajstić information content (AvgIpc) is 2.56. The van der Waals surface area contributed by atoms with Crippen molar-refractivity contribution in [1.29, 1.82) is 0 Å². The van der Waals surface area contributed by atoms with Crippen LogP contribution in [-0.4, -0.2) is 18.8 Å². The van der Waals surface area contributed by atoms with Gasteiger partial charge in [-0.25, -0.2) is 0 Å². The molecule has 88 valence electrons. The lowest BCUT2D eigenvalue weighted by molar-refractivity contribution is 0.641. The minimum atomic E-state index is 0.560. The highest BCUT2D eigenvalue weighted by Crippen LogP contribution is 2.38. The number of nitrogens with zero attached hydrogens (tertiary/aromatic N) is 2. The molecule has 1 aliphatic rings. The van der Waals surface area contributed by atoms with Crippen LogP contribution in [0.2, 0.25) is 0 Å². The molecule has 0 saturated carbocycles. The van der Waals surface area contributed by atoms with Crippen LogP contribution in [0.15, 0.2) is 18.2 Å². The van der Waals surface area contributed by atoms with Crippen LogP contribution in [0.25, 0.3) is 0 Å². The summed E-state index contributed by atoms with van der Waals surface area (Å²) in [7, 11) is 0. The number of anilines is 2. The molecule has 0 atom stereocenters. The van der Waals surface area contributed by atoms with E-state index >= 15 is 0 Å². The van der Waals surface area contributed by atoms with Crippen molar-refractivity contribution in [2.24, 2.45) is 0 Å². The van der Waals surface area contributed by atoms with Crippen LogP contribution in [0, 0.1) is 6.92 Å². The van der Waals surface area contributed by atoms with Gasteiger partial charge in [-0.3, -0.25) is 0 Å². The second-order valence-corrected chi connectivity index (χ2v) is 5.26. The van der Waals surface area contributed by atoms with Crippen molar-refractivity contribution in [1.82, 2.24) is 0 Å². The second-order valence-electron chi connectivity index (χ2n) is 5.26. The Morgan fingerprint density at radius 1 is 0.938 bits per heavy atom. The lowest BCUT2D eigenvalue weighted by Crippen LogP contribution is -2.38. The second kappa shape index (κ2) is 4.00. The molecule has 0 fully saturated rings. The molecule has 0 amide bonds. The van der Waals surface area contributed by atoms with Crippen LogP contribution in [0.1, 0.15) is 33.3 Å². The molecule has 0 radical (unpaired) electrons. The van der Waals surface area contributed by atoms with Crippen LogP contribution in [0.3, 0.4) is 0 Å². The Kier molecular flexibility index (Phi) is 2.83. The summed E-state index contributed by atoms with van der Waals surface area (Å²) in [5.41, 5.74) is 4.12. The zero-order valence-corrected chi connectivity index (χ0v) is 11.0. The van der Waals surface area contributed by atoms with Gasteiger partial charge in [-0.2, -0.15) is 0 Å². The van der Waals surface area contributed by atoms with Crippen molar-refractivity contribution in [2.45, 2.75) is 46.7 Å². The van der Waals surface area contributed by atoms with Crippen molar-refractivity contribution in [3.8, 4) is 0 Å². The van der Waals surface area contributed by atoms with Crippen LogP contribution in [0.5, 0.6) is 0 Å². The molecule has 1 heterocycles. The highest BCUT2D eigenvalue weighted by Gasteiger charge is 2.28. The standard InChI is InChI=1S/C14H22N2/c1-10(2)15-9-16(11(3)4)14-8-12(5)6-7-13(14)15/h6-8,10-11H,9H2,1-5H3. The van der Waals surface area contributed by atoms with Gasteiger partial charge in [0.15, 0.2) is 0 Å². The van der Waals surface area contributed by atoms with Crippen LogP contribution < -0.4 is 9.80 Å². The van der Waals surface area contributed by atoms with E-state index in [1.807, 2.05) is 0 Å². The summed E-state index contributed by atoms with van der Waals surface area (Å²) in [6.07, 6.45) is 0. The number of benzene rings is 1. The summed E-state index contributed by atoms with van der Waals surface area (Å²) in [5.74, 6) is 0. The molecule has 16 heavy (non-hydrogen) atoms. The van der Waals surface area contributed by atoms with E-state index in [0.717, 1.165) is 6.67 Å². The summed E-state index contributed by atoms with van der Waals surface area (Å²) < 4.78 is 0. The molecule has 1 aromatic carbocycles. The number of fused-ring (bicyclic) bond motifs is 1. The normalized spacial score (nSPS) is 15.2. The van der Waals surface area contributed by atoms with E-state index in [4.69, 9.17) is 0 Å². The van der Waals surface area contributed by atoms with Crippen LogP contribution >= 0.6 is 0 Å². The largest absolute Gasteiger partial charge is 0.350 e. The molecule has 0 bridgehead atoms. The van der Waals surface area contributed by atoms with Crippen LogP contribution in [0.4, 0.5) is 11.4 Å². The highest BCUT2D eigenvalue weighted by atomic mass is 15.4. The van der Waals surface area contributed by atoms with E-state index in [1.165, 1.54) is 16.9 Å². The van der Waals surface area contributed by atoms with Crippen molar-refractivity contribution in [3.05, 3.63) is 23.8 Å². The van der Waals surface area contributed by atoms with Crippen molar-refractivity contribution in [3.63, 3.8) is 0 Å². The maximum atomic E-state index is 2.47. The highest BCUT2D eigenvalue weighted by molar-refractivity contribution is 5.77. The smallest absolute Gasteiger partial charge is 0.0909 e. The van der Waals surface area contributed by atoms with Crippen molar-refractivity contribution >= 4 is 11.4 Å². The summed E-state index contributed by atoms with van der Waals surface area (Å²) in [6.45, 7) is 12.2. The lowest BCUT2D eigenvalue weighted by Gasteiger charge is -2.27. The first-order valence-electron chi connectivity index (χ1n) is 6.14. The Balaban J connectivity index is 2.44. The number of hydrogen-bond acceptors (Lipinski definition) is 2. The van der Waals surface area contributed by atoms with E-state index < -0.39 is 0 Å². The lowest BCUT2D eigenvalue weighted by atomic mass is 10.1. The van der Waals surface area contributed by atoms with Gasteiger partial charge < -0.3 is 9.80 Å². The van der Waals surface area contributed by atoms with Gasteiger partial charge in [-0.05, 0) is 52.3 Å². The van der Waals surface area contributed by atoms with Gasteiger partial charge in [0.2, 0.25) is 0 Å². The molecule has 2 heteroatoms. The van der Waals surface area contributed by atoms with Gasteiger partial charge in [0, 0.05) is 12.1 Å². The zero-order valence-electron chi connectivity index (χ0n) is 11.0. The van der Waals surface area contributed by atoms with Gasteiger partial charge in [-0.1, -0.05) is 6.07 Å². The van der Waals surface area contributed by atoms with Gasteiger partial charge in [0.25, 0.3) is 0 Å². The first-order chi connectivity index (χ1) is 7.50. The molecule has 0 spiro atoms. The fraction of sp³-hybridized carbons (Fsp3) is 0.571. The molecule has 0 aliphatic carbocycles. The number of rotatable bonds is 2. The topological polar surface area (TPSA) is 6.48 Å². The Bertz CT molecular complexity index is 382. The first kappa shape index (κ1) is 11.3. The fourth-order valence-corrected chi connectivity index (χ4v) is 2.31. The van der Waals surface area contributed by atoms with Gasteiger partial charge in [0.1, 0.15) is 0 Å². The minimum Gasteiger partial charge on any atom is -0.350 e. The molecule has 0 aromatic heterocycles. The third kappa shape index (κ3) is 1.77. The Morgan fingerprint density at radius 2 is 1.50 bits per heavy atom. The van der Waals surface area contributed by atoms with E-state index in [2.05, 4.69) is 62.6 Å². The Labute approximate surface area is 98.9 Å². The Hall–Kier alpha value is -1.18. The third-order valence-electron chi connectivity index (χ3n) is 3.30. The van der Waals surface area contributed by atoms with Gasteiger partial charge >= 0.3 is 0 Å². The number of aryl methyl sites for hydroxylation is 1. The predicted molar refractivity (Wildman–Crippen MR) is 71.3 cm³/mol. The zero-order chi connectivity index (χ0) is 11.9. The minimum absolute atomic E-state index is 0.560. The number of hydrogen-bond donors (Lipinski definition) is 0. The summed E-state index contributed by atoms with van der Waals surface area (Å²) in [5, 5.41) is 0. The maximum Gasteiger partial charge on any atom is 0.0909 e.